The van der Waals surface area contributed by atoms with Gasteiger partial charge in [0.25, 0.3) is 5.91 Å². The van der Waals surface area contributed by atoms with E-state index in [-0.39, 0.29) is 23.4 Å². The zero-order chi connectivity index (χ0) is 12.4. The van der Waals surface area contributed by atoms with Crippen molar-refractivity contribution in [2.24, 2.45) is 0 Å². The van der Waals surface area contributed by atoms with E-state index in [0.29, 0.717) is 5.56 Å². The van der Waals surface area contributed by atoms with Crippen LogP contribution in [-0.2, 0) is 0 Å². The molecule has 92 valence electrons. The third kappa shape index (κ3) is 2.49. The summed E-state index contributed by atoms with van der Waals surface area (Å²) in [6.07, 6.45) is 1.01. The molecule has 1 aromatic carbocycles. The molecule has 1 unspecified atom stereocenters. The first kappa shape index (κ1) is 12.1. The van der Waals surface area contributed by atoms with Crippen molar-refractivity contribution in [3.05, 3.63) is 23.8 Å². The number of phenols is 2. The highest BCUT2D eigenvalue weighted by Gasteiger charge is 2.24. The summed E-state index contributed by atoms with van der Waals surface area (Å²) in [5.74, 6) is 1.47. The van der Waals surface area contributed by atoms with Crippen LogP contribution in [0.3, 0.4) is 0 Å². The van der Waals surface area contributed by atoms with Gasteiger partial charge in [-0.3, -0.25) is 4.79 Å². The van der Waals surface area contributed by atoms with Gasteiger partial charge in [0.2, 0.25) is 0 Å². The molecule has 2 N–H and O–H groups in total. The lowest BCUT2D eigenvalue weighted by molar-refractivity contribution is 0.0747. The smallest absolute Gasteiger partial charge is 0.254 e. The van der Waals surface area contributed by atoms with Crippen LogP contribution in [0.2, 0.25) is 0 Å². The first-order chi connectivity index (χ1) is 8.09. The minimum Gasteiger partial charge on any atom is -0.504 e. The Morgan fingerprint density at radius 1 is 1.41 bits per heavy atom. The molecule has 1 amide bonds. The number of hydrogen-bond donors (Lipinski definition) is 2. The van der Waals surface area contributed by atoms with Gasteiger partial charge in [0.15, 0.2) is 11.5 Å². The molecule has 1 atom stereocenters. The Balaban J connectivity index is 2.15. The lowest BCUT2D eigenvalue weighted by atomic mass is 10.1. The highest BCUT2D eigenvalue weighted by molar-refractivity contribution is 7.99. The molecule has 0 radical (unpaired) electrons. The molecular formula is C12H15NO3S. The fourth-order valence-electron chi connectivity index (χ4n) is 1.85. The molecule has 0 spiro atoms. The van der Waals surface area contributed by atoms with Crippen molar-refractivity contribution in [1.82, 2.24) is 4.90 Å². The van der Waals surface area contributed by atoms with Gasteiger partial charge in [-0.25, -0.2) is 0 Å². The Morgan fingerprint density at radius 3 is 2.76 bits per heavy atom. The minimum atomic E-state index is -0.259. The summed E-state index contributed by atoms with van der Waals surface area (Å²) in [7, 11) is 1.78. The summed E-state index contributed by atoms with van der Waals surface area (Å²) in [6.45, 7) is 0. The molecule has 2 rings (SSSR count). The van der Waals surface area contributed by atoms with Crippen molar-refractivity contribution in [3.63, 3.8) is 0 Å². The zero-order valence-corrected chi connectivity index (χ0v) is 10.4. The fourth-order valence-corrected chi connectivity index (χ4v) is 3.12. The first-order valence-corrected chi connectivity index (χ1v) is 6.62. The maximum atomic E-state index is 12.1. The van der Waals surface area contributed by atoms with Crippen LogP contribution in [0.25, 0.3) is 0 Å². The predicted octanol–water partition coefficient (Wildman–Crippen LogP) is 1.68. The average molecular weight is 253 g/mol. The van der Waals surface area contributed by atoms with Crippen LogP contribution in [0, 0.1) is 0 Å². The lowest BCUT2D eigenvalue weighted by Crippen LogP contribution is -2.36. The van der Waals surface area contributed by atoms with Gasteiger partial charge in [0.05, 0.1) is 0 Å². The number of benzene rings is 1. The van der Waals surface area contributed by atoms with Gasteiger partial charge in [0, 0.05) is 24.4 Å². The van der Waals surface area contributed by atoms with Gasteiger partial charge in [-0.05, 0) is 30.4 Å². The molecule has 17 heavy (non-hydrogen) atoms. The summed E-state index contributed by atoms with van der Waals surface area (Å²) >= 11 is 1.85. The van der Waals surface area contributed by atoms with E-state index in [4.69, 9.17) is 0 Å². The van der Waals surface area contributed by atoms with Crippen LogP contribution in [-0.4, -0.2) is 45.6 Å². The molecule has 1 fully saturated rings. The number of aromatic hydroxyl groups is 2. The molecule has 1 saturated heterocycles. The first-order valence-electron chi connectivity index (χ1n) is 5.46. The van der Waals surface area contributed by atoms with Crippen LogP contribution in [0.1, 0.15) is 16.8 Å². The van der Waals surface area contributed by atoms with E-state index in [1.54, 1.807) is 11.9 Å². The van der Waals surface area contributed by atoms with Crippen LogP contribution in [0.4, 0.5) is 0 Å². The SMILES string of the molecule is CN(C(=O)c1ccc(O)c(O)c1)C1CCSC1. The van der Waals surface area contributed by atoms with Crippen LogP contribution in [0.15, 0.2) is 18.2 Å². The topological polar surface area (TPSA) is 60.8 Å². The number of hydrogen-bond acceptors (Lipinski definition) is 4. The van der Waals surface area contributed by atoms with Gasteiger partial charge in [-0.2, -0.15) is 11.8 Å². The quantitative estimate of drug-likeness (QED) is 0.787. The monoisotopic (exact) mass is 253 g/mol. The van der Waals surface area contributed by atoms with Gasteiger partial charge in [0.1, 0.15) is 0 Å². The number of amides is 1. The molecule has 0 aromatic heterocycles. The molecule has 0 saturated carbocycles. The van der Waals surface area contributed by atoms with Crippen LogP contribution in [0.5, 0.6) is 11.5 Å². The van der Waals surface area contributed by atoms with Gasteiger partial charge < -0.3 is 15.1 Å². The largest absolute Gasteiger partial charge is 0.504 e. The fraction of sp³-hybridized carbons (Fsp3) is 0.417. The van der Waals surface area contributed by atoms with E-state index in [1.165, 1.54) is 18.2 Å². The van der Waals surface area contributed by atoms with Crippen molar-refractivity contribution in [2.75, 3.05) is 18.6 Å². The van der Waals surface area contributed by atoms with Gasteiger partial charge in [-0.1, -0.05) is 0 Å². The average Bonchev–Trinajstić information content (AvgIpc) is 2.84. The number of nitrogens with zero attached hydrogens (tertiary/aromatic N) is 1. The summed E-state index contributed by atoms with van der Waals surface area (Å²) in [6, 6.07) is 4.43. The second-order valence-corrected chi connectivity index (χ2v) is 5.29. The van der Waals surface area contributed by atoms with Crippen molar-refractivity contribution < 1.29 is 15.0 Å². The van der Waals surface area contributed by atoms with E-state index in [0.717, 1.165) is 17.9 Å². The Labute approximate surface area is 104 Å². The normalized spacial score (nSPS) is 19.2. The Bertz CT molecular complexity index is 430. The highest BCUT2D eigenvalue weighted by Crippen LogP contribution is 2.27. The molecule has 0 bridgehead atoms. The van der Waals surface area contributed by atoms with Crippen LogP contribution >= 0.6 is 11.8 Å². The summed E-state index contributed by atoms with van der Waals surface area (Å²) in [4.78, 5) is 13.8. The van der Waals surface area contributed by atoms with E-state index >= 15 is 0 Å². The Morgan fingerprint density at radius 2 is 2.18 bits per heavy atom. The number of phenolic OH excluding ortho intramolecular Hbond substituents is 2. The number of rotatable bonds is 2. The standard InChI is InChI=1S/C12H15NO3S/c1-13(9-4-5-17-7-9)12(16)8-2-3-10(14)11(15)6-8/h2-3,6,9,14-15H,4-5,7H2,1H3. The Hall–Kier alpha value is -1.36. The molecule has 1 aliphatic heterocycles. The summed E-state index contributed by atoms with van der Waals surface area (Å²) in [5.41, 5.74) is 0.403. The maximum absolute atomic E-state index is 12.1. The molecule has 5 heteroatoms. The molecule has 1 aromatic rings. The molecular weight excluding hydrogens is 238 g/mol. The molecule has 1 heterocycles. The van der Waals surface area contributed by atoms with E-state index in [9.17, 15) is 15.0 Å². The van der Waals surface area contributed by atoms with E-state index in [1.807, 2.05) is 11.8 Å². The maximum Gasteiger partial charge on any atom is 0.254 e. The third-order valence-electron chi connectivity index (χ3n) is 3.00. The predicted molar refractivity (Wildman–Crippen MR) is 67.6 cm³/mol. The zero-order valence-electron chi connectivity index (χ0n) is 9.59. The Kier molecular flexibility index (Phi) is 3.47. The third-order valence-corrected chi connectivity index (χ3v) is 4.14. The number of carbonyl (C=O) groups excluding carboxylic acids is 1. The second-order valence-electron chi connectivity index (χ2n) is 4.14. The second kappa shape index (κ2) is 4.87. The molecule has 0 aliphatic carbocycles. The number of thioether (sulfide) groups is 1. The molecule has 1 aliphatic rings. The van der Waals surface area contributed by atoms with E-state index < -0.39 is 0 Å². The van der Waals surface area contributed by atoms with Gasteiger partial charge >= 0.3 is 0 Å². The number of carbonyl (C=O) groups is 1. The van der Waals surface area contributed by atoms with Crippen molar-refractivity contribution in [1.29, 1.82) is 0 Å². The highest BCUT2D eigenvalue weighted by atomic mass is 32.2. The van der Waals surface area contributed by atoms with Gasteiger partial charge in [-0.15, -0.1) is 0 Å². The lowest BCUT2D eigenvalue weighted by Gasteiger charge is -2.23. The van der Waals surface area contributed by atoms with Crippen molar-refractivity contribution in [3.8, 4) is 11.5 Å². The minimum absolute atomic E-state index is 0.118. The van der Waals surface area contributed by atoms with Crippen LogP contribution < -0.4 is 0 Å². The summed E-state index contributed by atoms with van der Waals surface area (Å²) < 4.78 is 0. The van der Waals surface area contributed by atoms with E-state index in [2.05, 4.69) is 0 Å². The van der Waals surface area contributed by atoms with Crippen molar-refractivity contribution in [2.45, 2.75) is 12.5 Å². The molecule has 4 nitrogen and oxygen atoms in total. The van der Waals surface area contributed by atoms with Crippen molar-refractivity contribution >= 4 is 17.7 Å². The summed E-state index contributed by atoms with van der Waals surface area (Å²) in [5, 5.41) is 18.6.